The Morgan fingerprint density at radius 1 is 1.50 bits per heavy atom. The number of nitrogens with one attached hydrogen (secondary N) is 2. The highest BCUT2D eigenvalue weighted by atomic mass is 32.1. The number of ether oxygens (including phenoxy) is 1. The van der Waals surface area contributed by atoms with Crippen LogP contribution in [0.15, 0.2) is 5.38 Å². The molecule has 1 aromatic rings. The second-order valence-electron chi connectivity index (χ2n) is 4.91. The SMILES string of the molecule is CC1(NC(=O)NCc2nc(C(=O)O)cs2)CCOCC1. The molecule has 1 aliphatic heterocycles. The van der Waals surface area contributed by atoms with Crippen molar-refractivity contribution in [1.82, 2.24) is 15.6 Å². The fraction of sp³-hybridized carbons (Fsp3) is 0.583. The predicted molar refractivity (Wildman–Crippen MR) is 72.9 cm³/mol. The zero-order valence-electron chi connectivity index (χ0n) is 11.1. The third kappa shape index (κ3) is 3.91. The van der Waals surface area contributed by atoms with Crippen molar-refractivity contribution < 1.29 is 19.4 Å². The fourth-order valence-corrected chi connectivity index (χ4v) is 2.62. The number of aromatic carboxylic acids is 1. The van der Waals surface area contributed by atoms with Crippen molar-refractivity contribution in [3.63, 3.8) is 0 Å². The van der Waals surface area contributed by atoms with Crippen molar-refractivity contribution in [3.05, 3.63) is 16.1 Å². The van der Waals surface area contributed by atoms with Crippen LogP contribution in [0.25, 0.3) is 0 Å². The van der Waals surface area contributed by atoms with E-state index in [1.165, 1.54) is 16.7 Å². The van der Waals surface area contributed by atoms with Crippen LogP contribution in [0, 0.1) is 0 Å². The Hall–Kier alpha value is -1.67. The molecule has 1 saturated heterocycles. The molecule has 1 aliphatic rings. The molecule has 0 bridgehead atoms. The molecule has 0 aromatic carbocycles. The predicted octanol–water partition coefficient (Wildman–Crippen LogP) is 1.21. The average molecular weight is 299 g/mol. The number of carbonyl (C=O) groups is 2. The third-order valence-corrected chi connectivity index (χ3v) is 4.03. The number of carboxylic acids is 1. The van der Waals surface area contributed by atoms with Crippen LogP contribution in [0.4, 0.5) is 4.79 Å². The highest BCUT2D eigenvalue weighted by Crippen LogP contribution is 2.19. The number of amides is 2. The minimum absolute atomic E-state index is 0.00333. The molecular weight excluding hydrogens is 282 g/mol. The number of urea groups is 1. The van der Waals surface area contributed by atoms with Gasteiger partial charge in [0.2, 0.25) is 0 Å². The van der Waals surface area contributed by atoms with Crippen molar-refractivity contribution in [2.75, 3.05) is 13.2 Å². The number of nitrogens with zero attached hydrogens (tertiary/aromatic N) is 1. The monoisotopic (exact) mass is 299 g/mol. The lowest BCUT2D eigenvalue weighted by molar-refractivity contribution is 0.0492. The summed E-state index contributed by atoms with van der Waals surface area (Å²) in [5.74, 6) is -1.06. The Balaban J connectivity index is 1.80. The van der Waals surface area contributed by atoms with Crippen LogP contribution >= 0.6 is 11.3 Å². The number of hydrogen-bond donors (Lipinski definition) is 3. The van der Waals surface area contributed by atoms with Gasteiger partial charge in [0.05, 0.1) is 6.54 Å². The van der Waals surface area contributed by atoms with Gasteiger partial charge >= 0.3 is 12.0 Å². The number of carboxylic acid groups (broad SMARTS) is 1. The first-order valence-corrected chi connectivity index (χ1v) is 7.18. The van der Waals surface area contributed by atoms with Gasteiger partial charge in [0.25, 0.3) is 0 Å². The molecular formula is C12H17N3O4S. The van der Waals surface area contributed by atoms with Crippen molar-refractivity contribution >= 4 is 23.3 Å². The maximum Gasteiger partial charge on any atom is 0.355 e. The van der Waals surface area contributed by atoms with E-state index in [4.69, 9.17) is 9.84 Å². The summed E-state index contributed by atoms with van der Waals surface area (Å²) in [6.07, 6.45) is 1.56. The average Bonchev–Trinajstić information content (AvgIpc) is 2.85. The highest BCUT2D eigenvalue weighted by Gasteiger charge is 2.28. The maximum atomic E-state index is 11.8. The van der Waals surface area contributed by atoms with Gasteiger partial charge in [-0.25, -0.2) is 14.6 Å². The van der Waals surface area contributed by atoms with E-state index in [2.05, 4.69) is 15.6 Å². The van der Waals surface area contributed by atoms with Crippen LogP contribution in [0.3, 0.4) is 0 Å². The van der Waals surface area contributed by atoms with Crippen LogP contribution in [-0.4, -0.2) is 40.8 Å². The first-order chi connectivity index (χ1) is 9.48. The standard InChI is InChI=1S/C12H17N3O4S/c1-12(2-4-19-5-3-12)15-11(18)13-6-9-14-8(7-20-9)10(16)17/h7H,2-6H2,1H3,(H,16,17)(H2,13,15,18). The van der Waals surface area contributed by atoms with E-state index < -0.39 is 5.97 Å². The smallest absolute Gasteiger partial charge is 0.355 e. The molecule has 0 unspecified atom stereocenters. The zero-order chi connectivity index (χ0) is 14.6. The summed E-state index contributed by atoms with van der Waals surface area (Å²) in [4.78, 5) is 26.4. The Kier molecular flexibility index (Phi) is 4.56. The van der Waals surface area contributed by atoms with Crippen molar-refractivity contribution in [2.45, 2.75) is 31.8 Å². The van der Waals surface area contributed by atoms with E-state index >= 15 is 0 Å². The van der Waals surface area contributed by atoms with Gasteiger partial charge in [-0.2, -0.15) is 0 Å². The van der Waals surface area contributed by atoms with E-state index in [0.717, 1.165) is 12.8 Å². The van der Waals surface area contributed by atoms with E-state index in [0.29, 0.717) is 18.2 Å². The Labute approximate surface area is 120 Å². The normalized spacial score (nSPS) is 17.4. The van der Waals surface area contributed by atoms with Crippen LogP contribution in [0.5, 0.6) is 0 Å². The summed E-state index contributed by atoms with van der Waals surface area (Å²) in [5, 5.41) is 16.4. The molecule has 0 spiro atoms. The second-order valence-corrected chi connectivity index (χ2v) is 5.86. The van der Waals surface area contributed by atoms with E-state index in [9.17, 15) is 9.59 Å². The lowest BCUT2D eigenvalue weighted by Gasteiger charge is -2.34. The Morgan fingerprint density at radius 2 is 2.20 bits per heavy atom. The van der Waals surface area contributed by atoms with Gasteiger partial charge in [0, 0.05) is 24.1 Å². The molecule has 0 saturated carbocycles. The minimum Gasteiger partial charge on any atom is -0.476 e. The summed E-state index contributed by atoms with van der Waals surface area (Å²) in [6.45, 7) is 3.49. The molecule has 2 heterocycles. The van der Waals surface area contributed by atoms with Crippen LogP contribution in [0.2, 0.25) is 0 Å². The molecule has 110 valence electrons. The molecule has 3 N–H and O–H groups in total. The highest BCUT2D eigenvalue weighted by molar-refractivity contribution is 7.09. The molecule has 0 radical (unpaired) electrons. The minimum atomic E-state index is -1.06. The van der Waals surface area contributed by atoms with Crippen molar-refractivity contribution in [1.29, 1.82) is 0 Å². The van der Waals surface area contributed by atoms with Crippen LogP contribution < -0.4 is 10.6 Å². The Bertz CT molecular complexity index is 497. The molecule has 20 heavy (non-hydrogen) atoms. The van der Waals surface area contributed by atoms with Gasteiger partial charge in [0.1, 0.15) is 5.01 Å². The third-order valence-electron chi connectivity index (χ3n) is 3.18. The van der Waals surface area contributed by atoms with E-state index in [1.807, 2.05) is 6.92 Å². The topological polar surface area (TPSA) is 101 Å². The molecule has 1 fully saturated rings. The quantitative estimate of drug-likeness (QED) is 0.776. The molecule has 0 aliphatic carbocycles. The molecule has 1 aromatic heterocycles. The molecule has 2 amide bonds. The zero-order valence-corrected chi connectivity index (χ0v) is 12.0. The molecule has 7 nitrogen and oxygen atoms in total. The van der Waals surface area contributed by atoms with Gasteiger partial charge in [0.15, 0.2) is 5.69 Å². The first kappa shape index (κ1) is 14.7. The maximum absolute atomic E-state index is 11.8. The van der Waals surface area contributed by atoms with Gasteiger partial charge in [-0.1, -0.05) is 0 Å². The summed E-state index contributed by atoms with van der Waals surface area (Å²) in [5.41, 5.74) is -0.249. The summed E-state index contributed by atoms with van der Waals surface area (Å²) >= 11 is 1.21. The van der Waals surface area contributed by atoms with E-state index in [1.54, 1.807) is 0 Å². The van der Waals surface area contributed by atoms with Crippen molar-refractivity contribution in [3.8, 4) is 0 Å². The fourth-order valence-electron chi connectivity index (χ4n) is 1.91. The van der Waals surface area contributed by atoms with E-state index in [-0.39, 0.29) is 23.8 Å². The van der Waals surface area contributed by atoms with Gasteiger partial charge in [-0.15, -0.1) is 11.3 Å². The summed E-state index contributed by atoms with van der Waals surface area (Å²) in [7, 11) is 0. The van der Waals surface area contributed by atoms with Gasteiger partial charge in [-0.3, -0.25) is 0 Å². The lowest BCUT2D eigenvalue weighted by atomic mass is 9.93. The number of hydrogen-bond acceptors (Lipinski definition) is 5. The summed E-state index contributed by atoms with van der Waals surface area (Å²) < 4.78 is 5.27. The van der Waals surface area contributed by atoms with Crippen molar-refractivity contribution in [2.24, 2.45) is 0 Å². The largest absolute Gasteiger partial charge is 0.476 e. The second kappa shape index (κ2) is 6.19. The van der Waals surface area contributed by atoms with Gasteiger partial charge < -0.3 is 20.5 Å². The lowest BCUT2D eigenvalue weighted by Crippen LogP contribution is -2.52. The summed E-state index contributed by atoms with van der Waals surface area (Å²) in [6, 6.07) is -0.276. The number of rotatable bonds is 4. The van der Waals surface area contributed by atoms with Crippen LogP contribution in [0.1, 0.15) is 35.3 Å². The van der Waals surface area contributed by atoms with Crippen LogP contribution in [-0.2, 0) is 11.3 Å². The molecule has 2 rings (SSSR count). The number of carbonyl (C=O) groups excluding carboxylic acids is 1. The van der Waals surface area contributed by atoms with Gasteiger partial charge in [-0.05, 0) is 19.8 Å². The first-order valence-electron chi connectivity index (χ1n) is 6.30. The number of aromatic nitrogens is 1. The molecule has 8 heteroatoms. The number of thiazole rings is 1. The Morgan fingerprint density at radius 3 is 2.80 bits per heavy atom. The molecule has 0 atom stereocenters.